The highest BCUT2D eigenvalue weighted by molar-refractivity contribution is 7.89. The molecule has 0 aliphatic rings. The zero-order chi connectivity index (χ0) is 18.1. The van der Waals surface area contributed by atoms with Crippen LogP contribution in [0.5, 0.6) is 5.75 Å². The molecule has 0 spiro atoms. The maximum absolute atomic E-state index is 12.0. The number of aryl methyl sites for hydroxylation is 1. The summed E-state index contributed by atoms with van der Waals surface area (Å²) in [6, 6.07) is 16.2. The van der Waals surface area contributed by atoms with Gasteiger partial charge in [-0.15, -0.1) is 0 Å². The van der Waals surface area contributed by atoms with Crippen molar-refractivity contribution in [3.05, 3.63) is 60.2 Å². The molecule has 0 radical (unpaired) electrons. The second-order valence-electron chi connectivity index (χ2n) is 5.38. The summed E-state index contributed by atoms with van der Waals surface area (Å²) in [6.45, 7) is 2.15. The summed E-state index contributed by atoms with van der Waals surface area (Å²) in [5, 5.41) is 2.64. The molecule has 2 aromatic carbocycles. The molecule has 0 aliphatic heterocycles. The minimum atomic E-state index is -3.51. The van der Waals surface area contributed by atoms with Crippen LogP contribution in [0.2, 0.25) is 0 Å². The molecule has 1 amide bonds. The molecule has 134 valence electrons. The lowest BCUT2D eigenvalue weighted by Gasteiger charge is -2.09. The van der Waals surface area contributed by atoms with Crippen LogP contribution in [0, 0.1) is 0 Å². The van der Waals surface area contributed by atoms with Gasteiger partial charge in [-0.3, -0.25) is 4.79 Å². The average Bonchev–Trinajstić information content (AvgIpc) is 2.61. The van der Waals surface area contributed by atoms with Gasteiger partial charge in [0.2, 0.25) is 15.9 Å². The third kappa shape index (κ3) is 6.94. The van der Waals surface area contributed by atoms with Gasteiger partial charge >= 0.3 is 0 Å². The second-order valence-corrected chi connectivity index (χ2v) is 7.31. The maximum Gasteiger partial charge on any atom is 0.239 e. The van der Waals surface area contributed by atoms with Crippen LogP contribution in [0.15, 0.2) is 54.6 Å². The van der Waals surface area contributed by atoms with Gasteiger partial charge in [-0.2, -0.15) is 0 Å². The Morgan fingerprint density at radius 3 is 2.36 bits per heavy atom. The van der Waals surface area contributed by atoms with E-state index in [-0.39, 0.29) is 12.3 Å². The Bertz CT molecular complexity index is 774. The number of carbonyl (C=O) groups is 1. The van der Waals surface area contributed by atoms with Crippen LogP contribution in [0.4, 0.5) is 5.69 Å². The molecule has 2 aromatic rings. The van der Waals surface area contributed by atoms with Crippen molar-refractivity contribution in [2.24, 2.45) is 0 Å². The first-order valence-corrected chi connectivity index (χ1v) is 9.68. The first kappa shape index (κ1) is 19.0. The minimum absolute atomic E-state index is 0.0622. The largest absolute Gasteiger partial charge is 0.494 e. The predicted octanol–water partition coefficient (Wildman–Crippen LogP) is 2.19. The van der Waals surface area contributed by atoms with Crippen molar-refractivity contribution in [3.63, 3.8) is 0 Å². The minimum Gasteiger partial charge on any atom is -0.494 e. The van der Waals surface area contributed by atoms with Gasteiger partial charge in [0, 0.05) is 5.69 Å². The number of rotatable bonds is 9. The highest BCUT2D eigenvalue weighted by Gasteiger charge is 2.12. The molecular formula is C18H22N2O4S. The Labute approximate surface area is 148 Å². The monoisotopic (exact) mass is 362 g/mol. The van der Waals surface area contributed by atoms with Crippen LogP contribution in [-0.2, 0) is 21.2 Å². The number of benzene rings is 2. The third-order valence-electron chi connectivity index (χ3n) is 3.40. The van der Waals surface area contributed by atoms with E-state index in [0.29, 0.717) is 24.5 Å². The standard InChI is InChI=1S/C18H22N2O4S/c1-2-24-17-10-8-16(9-11-17)20-18(21)14-19-25(22,23)13-12-15-6-4-3-5-7-15/h3-11,19H,2,12-14H2,1H3,(H,20,21). The smallest absolute Gasteiger partial charge is 0.239 e. The zero-order valence-electron chi connectivity index (χ0n) is 14.1. The molecule has 6 nitrogen and oxygen atoms in total. The summed E-state index contributed by atoms with van der Waals surface area (Å²) in [6.07, 6.45) is 0.399. The van der Waals surface area contributed by atoms with Crippen LogP contribution in [-0.4, -0.2) is 33.2 Å². The summed E-state index contributed by atoms with van der Waals surface area (Å²) >= 11 is 0. The van der Waals surface area contributed by atoms with Crippen LogP contribution < -0.4 is 14.8 Å². The molecule has 0 saturated heterocycles. The molecule has 0 fully saturated rings. The number of hydrogen-bond donors (Lipinski definition) is 2. The van der Waals surface area contributed by atoms with E-state index in [1.807, 2.05) is 37.3 Å². The van der Waals surface area contributed by atoms with Crippen LogP contribution in [0.1, 0.15) is 12.5 Å². The SMILES string of the molecule is CCOc1ccc(NC(=O)CNS(=O)(=O)CCc2ccccc2)cc1. The van der Waals surface area contributed by atoms with Crippen molar-refractivity contribution in [1.29, 1.82) is 0 Å². The van der Waals surface area contributed by atoms with Gasteiger partial charge < -0.3 is 10.1 Å². The maximum atomic E-state index is 12.0. The Balaban J connectivity index is 1.78. The highest BCUT2D eigenvalue weighted by atomic mass is 32.2. The number of sulfonamides is 1. The molecule has 0 aliphatic carbocycles. The van der Waals surface area contributed by atoms with Gasteiger partial charge in [0.15, 0.2) is 0 Å². The van der Waals surface area contributed by atoms with Crippen molar-refractivity contribution in [2.75, 3.05) is 24.2 Å². The summed E-state index contributed by atoms with van der Waals surface area (Å²) in [7, 11) is -3.51. The van der Waals surface area contributed by atoms with Crippen molar-refractivity contribution in [3.8, 4) is 5.75 Å². The summed E-state index contributed by atoms with van der Waals surface area (Å²) in [5.41, 5.74) is 1.52. The lowest BCUT2D eigenvalue weighted by Crippen LogP contribution is -2.34. The van der Waals surface area contributed by atoms with E-state index in [2.05, 4.69) is 10.0 Å². The second kappa shape index (κ2) is 9.19. The number of amides is 1. The number of anilines is 1. The summed E-state index contributed by atoms with van der Waals surface area (Å²) in [5.74, 6) is 0.224. The summed E-state index contributed by atoms with van der Waals surface area (Å²) in [4.78, 5) is 11.9. The van der Waals surface area contributed by atoms with E-state index in [0.717, 1.165) is 5.56 Å². The lowest BCUT2D eigenvalue weighted by atomic mass is 10.2. The quantitative estimate of drug-likeness (QED) is 0.716. The molecule has 0 bridgehead atoms. The first-order chi connectivity index (χ1) is 12.0. The number of hydrogen-bond acceptors (Lipinski definition) is 4. The highest BCUT2D eigenvalue weighted by Crippen LogP contribution is 2.15. The van der Waals surface area contributed by atoms with Crippen molar-refractivity contribution in [2.45, 2.75) is 13.3 Å². The summed E-state index contributed by atoms with van der Waals surface area (Å²) < 4.78 is 31.6. The predicted molar refractivity (Wildman–Crippen MR) is 98.2 cm³/mol. The zero-order valence-corrected chi connectivity index (χ0v) is 14.9. The van der Waals surface area contributed by atoms with Crippen LogP contribution in [0.25, 0.3) is 0 Å². The average molecular weight is 362 g/mol. The Kier molecular flexibility index (Phi) is 6.97. The fourth-order valence-corrected chi connectivity index (χ4v) is 3.15. The molecule has 7 heteroatoms. The van der Waals surface area contributed by atoms with E-state index in [9.17, 15) is 13.2 Å². The van der Waals surface area contributed by atoms with E-state index in [4.69, 9.17) is 4.74 Å². The lowest BCUT2D eigenvalue weighted by molar-refractivity contribution is -0.115. The van der Waals surface area contributed by atoms with E-state index >= 15 is 0 Å². The molecule has 0 aromatic heterocycles. The topological polar surface area (TPSA) is 84.5 Å². The van der Waals surface area contributed by atoms with Crippen molar-refractivity contribution >= 4 is 21.6 Å². The number of ether oxygens (including phenoxy) is 1. The molecule has 0 heterocycles. The molecular weight excluding hydrogens is 340 g/mol. The van der Waals surface area contributed by atoms with Crippen molar-refractivity contribution < 1.29 is 17.9 Å². The van der Waals surface area contributed by atoms with E-state index in [1.54, 1.807) is 24.3 Å². The first-order valence-electron chi connectivity index (χ1n) is 8.02. The fraction of sp³-hybridized carbons (Fsp3) is 0.278. The van der Waals surface area contributed by atoms with E-state index in [1.165, 1.54) is 0 Å². The van der Waals surface area contributed by atoms with Gasteiger partial charge in [0.1, 0.15) is 5.75 Å². The van der Waals surface area contributed by atoms with Gasteiger partial charge in [0.25, 0.3) is 0 Å². The molecule has 2 N–H and O–H groups in total. The van der Waals surface area contributed by atoms with Gasteiger partial charge in [0.05, 0.1) is 18.9 Å². The molecule has 2 rings (SSSR count). The Hall–Kier alpha value is -2.38. The van der Waals surface area contributed by atoms with Crippen LogP contribution in [0.3, 0.4) is 0 Å². The fourth-order valence-electron chi connectivity index (χ4n) is 2.15. The number of nitrogens with one attached hydrogen (secondary N) is 2. The van der Waals surface area contributed by atoms with Crippen LogP contribution >= 0.6 is 0 Å². The molecule has 0 unspecified atom stereocenters. The van der Waals surface area contributed by atoms with E-state index < -0.39 is 15.9 Å². The third-order valence-corrected chi connectivity index (χ3v) is 4.73. The van der Waals surface area contributed by atoms with Crippen molar-refractivity contribution in [1.82, 2.24) is 4.72 Å². The van der Waals surface area contributed by atoms with Gasteiger partial charge in [-0.1, -0.05) is 30.3 Å². The molecule has 0 atom stereocenters. The van der Waals surface area contributed by atoms with Gasteiger partial charge in [-0.25, -0.2) is 13.1 Å². The number of carbonyl (C=O) groups excluding carboxylic acids is 1. The normalized spacial score (nSPS) is 11.1. The Morgan fingerprint density at radius 2 is 1.72 bits per heavy atom. The molecule has 0 saturated carbocycles. The van der Waals surface area contributed by atoms with Gasteiger partial charge in [-0.05, 0) is 43.2 Å². The molecule has 25 heavy (non-hydrogen) atoms. The Morgan fingerprint density at radius 1 is 1.04 bits per heavy atom.